The number of carbonyl (C=O) groups is 2. The van der Waals surface area contributed by atoms with Crippen molar-refractivity contribution < 1.29 is 22.7 Å². The predicted molar refractivity (Wildman–Crippen MR) is 174 cm³/mol. The lowest BCUT2D eigenvalue weighted by Crippen LogP contribution is -2.34. The Labute approximate surface area is 269 Å². The van der Waals surface area contributed by atoms with Crippen molar-refractivity contribution in [2.24, 2.45) is 0 Å². The predicted octanol–water partition coefficient (Wildman–Crippen LogP) is 7.33. The molecule has 0 atom stereocenters. The van der Waals surface area contributed by atoms with Crippen molar-refractivity contribution in [3.05, 3.63) is 130 Å². The van der Waals surface area contributed by atoms with Gasteiger partial charge in [0.15, 0.2) is 11.7 Å². The van der Waals surface area contributed by atoms with Crippen LogP contribution in [0.4, 0.5) is 10.8 Å². The van der Waals surface area contributed by atoms with Crippen LogP contribution in [0.15, 0.2) is 113 Å². The summed E-state index contributed by atoms with van der Waals surface area (Å²) in [6.45, 7) is -0.441. The number of hydrogen-bond donors (Lipinski definition) is 0. The quantitative estimate of drug-likeness (QED) is 0.145. The second-order valence-electron chi connectivity index (χ2n) is 9.51. The van der Waals surface area contributed by atoms with Crippen molar-refractivity contribution in [3.8, 4) is 11.3 Å². The molecule has 4 aromatic carbocycles. The molecule has 0 bridgehead atoms. The second-order valence-corrected chi connectivity index (χ2v) is 13.2. The Balaban J connectivity index is 1.35. The van der Waals surface area contributed by atoms with Crippen LogP contribution in [0.5, 0.6) is 0 Å². The van der Waals surface area contributed by atoms with Crippen LogP contribution >= 0.6 is 34.5 Å². The van der Waals surface area contributed by atoms with E-state index in [1.54, 1.807) is 42.5 Å². The molecule has 1 aromatic heterocycles. The van der Waals surface area contributed by atoms with Gasteiger partial charge in [0.2, 0.25) is 0 Å². The van der Waals surface area contributed by atoms with Gasteiger partial charge in [0, 0.05) is 23.0 Å². The first-order chi connectivity index (χ1) is 21.1. The van der Waals surface area contributed by atoms with Gasteiger partial charge in [-0.25, -0.2) is 18.2 Å². The number of sulfonamides is 1. The normalized spacial score (nSPS) is 11.2. The van der Waals surface area contributed by atoms with Gasteiger partial charge in [-0.1, -0.05) is 83.9 Å². The Bertz CT molecular complexity index is 1880. The number of benzene rings is 4. The molecule has 1 heterocycles. The number of thiazole rings is 1. The van der Waals surface area contributed by atoms with Crippen molar-refractivity contribution in [2.75, 3.05) is 22.9 Å². The highest BCUT2D eigenvalue weighted by Crippen LogP contribution is 2.30. The van der Waals surface area contributed by atoms with E-state index in [0.717, 1.165) is 21.5 Å². The van der Waals surface area contributed by atoms with Crippen LogP contribution in [0.2, 0.25) is 10.0 Å². The molecule has 44 heavy (non-hydrogen) atoms. The van der Waals surface area contributed by atoms with E-state index >= 15 is 0 Å². The van der Waals surface area contributed by atoms with Crippen LogP contribution in [-0.4, -0.2) is 38.9 Å². The van der Waals surface area contributed by atoms with E-state index in [2.05, 4.69) is 4.98 Å². The van der Waals surface area contributed by atoms with Crippen LogP contribution in [0.25, 0.3) is 11.3 Å². The number of carbonyl (C=O) groups excluding carboxylic acids is 2. The van der Waals surface area contributed by atoms with Gasteiger partial charge in [-0.3, -0.25) is 14.0 Å². The zero-order chi connectivity index (χ0) is 31.3. The van der Waals surface area contributed by atoms with Gasteiger partial charge < -0.3 is 4.74 Å². The summed E-state index contributed by atoms with van der Waals surface area (Å²) in [6.07, 6.45) is 0. The minimum atomic E-state index is -4.03. The van der Waals surface area contributed by atoms with E-state index in [1.807, 2.05) is 47.8 Å². The Morgan fingerprint density at radius 3 is 2.23 bits per heavy atom. The number of nitrogens with zero attached hydrogens (tertiary/aromatic N) is 3. The van der Waals surface area contributed by atoms with Gasteiger partial charge in [0.25, 0.3) is 15.9 Å². The molecule has 8 nitrogen and oxygen atoms in total. The molecule has 0 radical (unpaired) electrons. The molecule has 0 aliphatic rings. The summed E-state index contributed by atoms with van der Waals surface area (Å²) in [5.41, 5.74) is 2.60. The molecule has 0 aliphatic heterocycles. The fraction of sp³-hybridized carbons (Fsp3) is 0.0938. The summed E-state index contributed by atoms with van der Waals surface area (Å²) in [7, 11) is -2.61. The molecule has 12 heteroatoms. The second kappa shape index (κ2) is 13.6. The Kier molecular flexibility index (Phi) is 9.65. The van der Waals surface area contributed by atoms with Crippen molar-refractivity contribution >= 4 is 67.3 Å². The van der Waals surface area contributed by atoms with E-state index in [0.29, 0.717) is 21.5 Å². The molecule has 0 N–H and O–H groups in total. The van der Waals surface area contributed by atoms with E-state index < -0.39 is 28.5 Å². The highest BCUT2D eigenvalue weighted by molar-refractivity contribution is 7.92. The van der Waals surface area contributed by atoms with Crippen LogP contribution in [0.1, 0.15) is 15.9 Å². The molecule has 224 valence electrons. The van der Waals surface area contributed by atoms with Crippen molar-refractivity contribution in [1.82, 2.24) is 4.98 Å². The van der Waals surface area contributed by atoms with Crippen molar-refractivity contribution in [1.29, 1.82) is 0 Å². The maximum atomic E-state index is 13.5. The van der Waals surface area contributed by atoms with E-state index in [1.165, 1.54) is 35.4 Å². The molecule has 5 aromatic rings. The van der Waals surface area contributed by atoms with E-state index in [9.17, 15) is 18.0 Å². The van der Waals surface area contributed by atoms with Gasteiger partial charge in [-0.2, -0.15) is 0 Å². The first kappa shape index (κ1) is 31.2. The van der Waals surface area contributed by atoms with Gasteiger partial charge in [-0.15, -0.1) is 11.3 Å². The SMILES string of the molecule is CN(c1ccccc1)S(=O)(=O)c1ccc(Cl)c(C(=O)OCC(=O)N(Cc2ccccc2)c2nc(-c3ccc(Cl)cc3)cs2)c1. The maximum Gasteiger partial charge on any atom is 0.340 e. The lowest BCUT2D eigenvalue weighted by Gasteiger charge is -2.21. The number of anilines is 2. The minimum absolute atomic E-state index is 0.0163. The molecule has 0 fully saturated rings. The van der Waals surface area contributed by atoms with Crippen LogP contribution < -0.4 is 9.21 Å². The topological polar surface area (TPSA) is 96.9 Å². The van der Waals surface area contributed by atoms with Gasteiger partial charge in [0.05, 0.1) is 33.4 Å². The summed E-state index contributed by atoms with van der Waals surface area (Å²) in [5, 5.41) is 2.82. The summed E-state index contributed by atoms with van der Waals surface area (Å²) < 4.78 is 33.0. The number of para-hydroxylation sites is 1. The number of amides is 1. The van der Waals surface area contributed by atoms with Crippen molar-refractivity contribution in [2.45, 2.75) is 11.4 Å². The molecule has 0 spiro atoms. The lowest BCUT2D eigenvalue weighted by atomic mass is 10.2. The third-order valence-corrected chi connectivity index (χ3v) is 9.84. The van der Waals surface area contributed by atoms with Crippen LogP contribution in [-0.2, 0) is 26.1 Å². The van der Waals surface area contributed by atoms with Gasteiger partial charge in [-0.05, 0) is 48.0 Å². The largest absolute Gasteiger partial charge is 0.452 e. The number of rotatable bonds is 10. The van der Waals surface area contributed by atoms with E-state index in [-0.39, 0.29) is 22.0 Å². The summed E-state index contributed by atoms with van der Waals surface area (Å²) >= 11 is 13.6. The smallest absolute Gasteiger partial charge is 0.340 e. The summed E-state index contributed by atoms with van der Waals surface area (Å²) in [4.78, 5) is 32.5. The highest BCUT2D eigenvalue weighted by atomic mass is 35.5. The average Bonchev–Trinajstić information content (AvgIpc) is 3.53. The Morgan fingerprint density at radius 1 is 0.886 bits per heavy atom. The summed E-state index contributed by atoms with van der Waals surface area (Å²) in [5.74, 6) is -1.47. The van der Waals surface area contributed by atoms with Crippen molar-refractivity contribution in [3.63, 3.8) is 0 Å². The minimum Gasteiger partial charge on any atom is -0.452 e. The zero-order valence-electron chi connectivity index (χ0n) is 23.3. The highest BCUT2D eigenvalue weighted by Gasteiger charge is 2.26. The molecule has 0 saturated carbocycles. The molecule has 0 saturated heterocycles. The van der Waals surface area contributed by atoms with E-state index in [4.69, 9.17) is 27.9 Å². The number of ether oxygens (including phenoxy) is 1. The van der Waals surface area contributed by atoms with Crippen LogP contribution in [0.3, 0.4) is 0 Å². The third-order valence-electron chi connectivity index (χ3n) is 6.61. The van der Waals surface area contributed by atoms with Gasteiger partial charge in [0.1, 0.15) is 0 Å². The molecule has 0 aliphatic carbocycles. The first-order valence-corrected chi connectivity index (χ1v) is 16.3. The first-order valence-electron chi connectivity index (χ1n) is 13.2. The Hall–Kier alpha value is -4.22. The number of aromatic nitrogens is 1. The molecule has 0 unspecified atom stereocenters. The molecule has 1 amide bonds. The maximum absolute atomic E-state index is 13.5. The van der Waals surface area contributed by atoms with Crippen LogP contribution in [0, 0.1) is 0 Å². The average molecular weight is 667 g/mol. The standard InChI is InChI=1S/C32H25Cl2N3O5S2/c1-36(25-10-6-3-7-11-25)44(40,41)26-16-17-28(34)27(18-26)31(39)42-20-30(38)37(19-22-8-4-2-5-9-22)32-35-29(21-43-32)23-12-14-24(33)15-13-23/h2-18,21H,19-20H2,1H3. The lowest BCUT2D eigenvalue weighted by molar-refractivity contribution is -0.121. The zero-order valence-corrected chi connectivity index (χ0v) is 26.4. The number of hydrogen-bond acceptors (Lipinski definition) is 7. The fourth-order valence-corrected chi connectivity index (χ4v) is 6.60. The number of halogens is 2. The monoisotopic (exact) mass is 665 g/mol. The molecular weight excluding hydrogens is 641 g/mol. The molecule has 5 rings (SSSR count). The third kappa shape index (κ3) is 7.11. The Morgan fingerprint density at radius 2 is 1.55 bits per heavy atom. The fourth-order valence-electron chi connectivity index (χ4n) is 4.21. The van der Waals surface area contributed by atoms with Gasteiger partial charge >= 0.3 is 5.97 Å². The summed E-state index contributed by atoms with van der Waals surface area (Å²) in [6, 6.07) is 28.8. The number of esters is 1. The molecular formula is C32H25Cl2N3O5S2.